The number of sulfonamides is 1. The number of hydrogen-bond acceptors (Lipinski definition) is 5. The predicted octanol–water partition coefficient (Wildman–Crippen LogP) is 4.61. The molecular weight excluding hydrogens is 475 g/mol. The van der Waals surface area contributed by atoms with Gasteiger partial charge >= 0.3 is 6.18 Å². The van der Waals surface area contributed by atoms with Gasteiger partial charge in [0.15, 0.2) is 5.69 Å². The molecule has 2 N–H and O–H groups in total. The van der Waals surface area contributed by atoms with Crippen molar-refractivity contribution in [2.45, 2.75) is 11.1 Å². The van der Waals surface area contributed by atoms with Crippen molar-refractivity contribution < 1.29 is 30.4 Å². The Morgan fingerprint density at radius 3 is 2.31 bits per heavy atom. The van der Waals surface area contributed by atoms with E-state index < -0.39 is 38.4 Å². The van der Waals surface area contributed by atoms with Gasteiger partial charge in [0.2, 0.25) is 10.0 Å². The summed E-state index contributed by atoms with van der Waals surface area (Å²) < 4.78 is 92.7. The molecule has 4 rings (SSSR count). The van der Waals surface area contributed by atoms with Crippen LogP contribution in [-0.2, 0) is 16.2 Å². The molecule has 0 amide bonds. The van der Waals surface area contributed by atoms with E-state index in [0.717, 1.165) is 18.2 Å². The SMILES string of the molecule is NS(=O)(=O)c1ccc(-n2nc(C(F)(F)F)cc2-c2ccc(-c3cscn3)cc2F)cc1F. The van der Waals surface area contributed by atoms with Gasteiger partial charge < -0.3 is 0 Å². The van der Waals surface area contributed by atoms with Gasteiger partial charge in [0, 0.05) is 22.6 Å². The second kappa shape index (κ2) is 7.76. The van der Waals surface area contributed by atoms with Crippen molar-refractivity contribution in [3.63, 3.8) is 0 Å². The molecule has 0 aliphatic carbocycles. The molecule has 0 aliphatic heterocycles. The molecular formula is C19H11F5N4O2S2. The fourth-order valence-corrected chi connectivity index (χ4v) is 4.15. The summed E-state index contributed by atoms with van der Waals surface area (Å²) in [4.78, 5) is 3.21. The monoisotopic (exact) mass is 486 g/mol. The van der Waals surface area contributed by atoms with Crippen LogP contribution in [0.1, 0.15) is 5.69 Å². The number of aromatic nitrogens is 3. The summed E-state index contributed by atoms with van der Waals surface area (Å²) in [7, 11) is -4.40. The quantitative estimate of drug-likeness (QED) is 0.427. The van der Waals surface area contributed by atoms with E-state index in [2.05, 4.69) is 10.1 Å². The van der Waals surface area contributed by atoms with Gasteiger partial charge in [-0.25, -0.2) is 32.0 Å². The third kappa shape index (κ3) is 4.13. The van der Waals surface area contributed by atoms with Crippen molar-refractivity contribution in [1.29, 1.82) is 0 Å². The smallest absolute Gasteiger partial charge is 0.245 e. The van der Waals surface area contributed by atoms with E-state index >= 15 is 0 Å². The molecule has 0 radical (unpaired) electrons. The minimum atomic E-state index is -4.86. The molecule has 0 fully saturated rings. The first kappa shape index (κ1) is 22.0. The van der Waals surface area contributed by atoms with E-state index in [9.17, 15) is 30.4 Å². The molecule has 0 unspecified atom stereocenters. The number of nitrogens with zero attached hydrogens (tertiary/aromatic N) is 3. The van der Waals surface area contributed by atoms with Crippen molar-refractivity contribution in [2.24, 2.45) is 5.14 Å². The van der Waals surface area contributed by atoms with Gasteiger partial charge in [0.25, 0.3) is 0 Å². The van der Waals surface area contributed by atoms with E-state index in [1.54, 1.807) is 10.9 Å². The van der Waals surface area contributed by atoms with Gasteiger partial charge in [-0.05, 0) is 30.3 Å². The zero-order valence-corrected chi connectivity index (χ0v) is 17.3. The van der Waals surface area contributed by atoms with Gasteiger partial charge in [0.05, 0.1) is 22.6 Å². The molecule has 32 heavy (non-hydrogen) atoms. The lowest BCUT2D eigenvalue weighted by atomic mass is 10.1. The fourth-order valence-electron chi connectivity index (χ4n) is 3.00. The number of rotatable bonds is 4. The lowest BCUT2D eigenvalue weighted by molar-refractivity contribution is -0.141. The van der Waals surface area contributed by atoms with Crippen LogP contribution >= 0.6 is 11.3 Å². The first-order valence-corrected chi connectivity index (χ1v) is 11.1. The highest BCUT2D eigenvalue weighted by atomic mass is 32.2. The highest BCUT2D eigenvalue weighted by molar-refractivity contribution is 7.89. The highest BCUT2D eigenvalue weighted by Crippen LogP contribution is 2.35. The van der Waals surface area contributed by atoms with Crippen LogP contribution in [0.25, 0.3) is 28.2 Å². The minimum absolute atomic E-state index is 0.233. The first-order chi connectivity index (χ1) is 14.9. The molecule has 4 aromatic rings. The number of hydrogen-bond donors (Lipinski definition) is 1. The van der Waals surface area contributed by atoms with Crippen LogP contribution in [0, 0.1) is 11.6 Å². The molecule has 0 aliphatic rings. The molecule has 2 aromatic carbocycles. The second-order valence-electron chi connectivity index (χ2n) is 6.55. The Morgan fingerprint density at radius 1 is 1.00 bits per heavy atom. The lowest BCUT2D eigenvalue weighted by Gasteiger charge is -2.10. The summed E-state index contributed by atoms with van der Waals surface area (Å²) >= 11 is 1.29. The third-order valence-electron chi connectivity index (χ3n) is 4.44. The topological polar surface area (TPSA) is 90.9 Å². The average Bonchev–Trinajstić information content (AvgIpc) is 3.37. The standard InChI is InChI=1S/C19H11F5N4O2S2/c20-13-5-10(15-8-31-9-26-15)1-3-12(13)16-7-18(19(22,23)24)27-28(16)11-2-4-17(14(21)6-11)32(25,29)30/h1-9H,(H2,25,29,30). The number of primary sulfonamides is 1. The zero-order chi connectivity index (χ0) is 23.3. The van der Waals surface area contributed by atoms with Crippen molar-refractivity contribution in [1.82, 2.24) is 14.8 Å². The second-order valence-corrected chi connectivity index (χ2v) is 8.80. The molecule has 0 spiro atoms. The normalized spacial score (nSPS) is 12.3. The van der Waals surface area contributed by atoms with Crippen LogP contribution in [0.5, 0.6) is 0 Å². The Kier molecular flexibility index (Phi) is 5.35. The molecule has 0 saturated heterocycles. The van der Waals surface area contributed by atoms with Crippen molar-refractivity contribution >= 4 is 21.4 Å². The highest BCUT2D eigenvalue weighted by Gasteiger charge is 2.36. The number of nitrogens with two attached hydrogens (primary N) is 1. The Hall–Kier alpha value is -3.16. The number of benzene rings is 2. The van der Waals surface area contributed by atoms with E-state index in [0.29, 0.717) is 28.1 Å². The average molecular weight is 486 g/mol. The Balaban J connectivity index is 1.89. The molecule has 2 heterocycles. The molecule has 0 saturated carbocycles. The Labute approximate surface area is 181 Å². The predicted molar refractivity (Wildman–Crippen MR) is 106 cm³/mol. The molecule has 6 nitrogen and oxygen atoms in total. The maximum Gasteiger partial charge on any atom is 0.435 e. The maximum absolute atomic E-state index is 14.9. The number of alkyl halides is 3. The summed E-state index contributed by atoms with van der Waals surface area (Å²) in [6.07, 6.45) is -4.86. The molecule has 166 valence electrons. The van der Waals surface area contributed by atoms with Crippen LogP contribution in [0.15, 0.2) is 58.3 Å². The van der Waals surface area contributed by atoms with Gasteiger partial charge in [0.1, 0.15) is 16.5 Å². The van der Waals surface area contributed by atoms with E-state index in [-0.39, 0.29) is 16.9 Å². The van der Waals surface area contributed by atoms with Gasteiger partial charge in [-0.1, -0.05) is 6.07 Å². The van der Waals surface area contributed by atoms with E-state index in [4.69, 9.17) is 5.14 Å². The lowest BCUT2D eigenvalue weighted by Crippen LogP contribution is -2.14. The van der Waals surface area contributed by atoms with Crippen LogP contribution < -0.4 is 5.14 Å². The van der Waals surface area contributed by atoms with Crippen LogP contribution in [0.4, 0.5) is 22.0 Å². The molecule has 0 atom stereocenters. The summed E-state index contributed by atoms with van der Waals surface area (Å²) in [5.41, 5.74) is 0.301. The minimum Gasteiger partial charge on any atom is -0.245 e. The van der Waals surface area contributed by atoms with Crippen molar-refractivity contribution in [3.8, 4) is 28.2 Å². The summed E-state index contributed by atoms with van der Waals surface area (Å²) in [5.74, 6) is -2.15. The van der Waals surface area contributed by atoms with E-state index in [1.807, 2.05) is 0 Å². The van der Waals surface area contributed by atoms with Crippen LogP contribution in [-0.4, -0.2) is 23.2 Å². The van der Waals surface area contributed by atoms with Crippen LogP contribution in [0.3, 0.4) is 0 Å². The number of thiazole rings is 1. The summed E-state index contributed by atoms with van der Waals surface area (Å²) in [6, 6.07) is 6.92. The maximum atomic E-state index is 14.9. The van der Waals surface area contributed by atoms with Gasteiger partial charge in [-0.15, -0.1) is 11.3 Å². The summed E-state index contributed by atoms with van der Waals surface area (Å²) in [5, 5.41) is 10.0. The molecule has 13 heteroatoms. The molecule has 0 bridgehead atoms. The first-order valence-electron chi connectivity index (χ1n) is 8.63. The zero-order valence-electron chi connectivity index (χ0n) is 15.6. The van der Waals surface area contributed by atoms with Gasteiger partial charge in [-0.2, -0.15) is 18.3 Å². The Morgan fingerprint density at radius 2 is 1.75 bits per heavy atom. The molecule has 2 aromatic heterocycles. The van der Waals surface area contributed by atoms with Crippen LogP contribution in [0.2, 0.25) is 0 Å². The number of halogens is 5. The third-order valence-corrected chi connectivity index (χ3v) is 5.97. The Bertz CT molecular complexity index is 1410. The van der Waals surface area contributed by atoms with Crippen molar-refractivity contribution in [2.75, 3.05) is 0 Å². The van der Waals surface area contributed by atoms with Gasteiger partial charge in [-0.3, -0.25) is 0 Å². The van der Waals surface area contributed by atoms with E-state index in [1.165, 1.54) is 23.5 Å². The fraction of sp³-hybridized carbons (Fsp3) is 0.0526. The summed E-state index contributed by atoms with van der Waals surface area (Å²) in [6.45, 7) is 0. The van der Waals surface area contributed by atoms with Crippen molar-refractivity contribution in [3.05, 3.63) is 70.7 Å². The largest absolute Gasteiger partial charge is 0.435 e.